The van der Waals surface area contributed by atoms with Crippen molar-refractivity contribution in [2.75, 3.05) is 5.73 Å². The molecular formula is C10H10N4S. The molecule has 0 amide bonds. The Kier molecular flexibility index (Phi) is 2.47. The summed E-state index contributed by atoms with van der Waals surface area (Å²) in [6.45, 7) is 2.01. The molecular weight excluding hydrogens is 208 g/mol. The lowest BCUT2D eigenvalue weighted by Crippen LogP contribution is -2.05. The summed E-state index contributed by atoms with van der Waals surface area (Å²) in [6.07, 6.45) is 1.59. The lowest BCUT2D eigenvalue weighted by molar-refractivity contribution is 0.896. The van der Waals surface area contributed by atoms with Crippen LogP contribution in [0.2, 0.25) is 0 Å². The molecule has 5 heteroatoms. The maximum absolute atomic E-state index is 5.44. The van der Waals surface area contributed by atoms with Crippen LogP contribution in [0.3, 0.4) is 0 Å². The molecule has 4 nitrogen and oxygen atoms in total. The molecule has 1 aromatic carbocycles. The van der Waals surface area contributed by atoms with Crippen LogP contribution in [-0.4, -0.2) is 14.5 Å². The summed E-state index contributed by atoms with van der Waals surface area (Å²) < 4.78 is 2.15. The minimum Gasteiger partial charge on any atom is -0.368 e. The van der Waals surface area contributed by atoms with Crippen LogP contribution in [0.15, 0.2) is 30.6 Å². The average Bonchev–Trinajstić information content (AvgIpc) is 2.20. The molecule has 2 aromatic rings. The first-order valence-corrected chi connectivity index (χ1v) is 4.86. The van der Waals surface area contributed by atoms with E-state index in [-0.39, 0.29) is 5.95 Å². The third-order valence-electron chi connectivity index (χ3n) is 2.10. The highest BCUT2D eigenvalue weighted by Gasteiger charge is 2.01. The van der Waals surface area contributed by atoms with E-state index in [0.717, 1.165) is 11.3 Å². The molecule has 0 spiro atoms. The molecule has 1 heterocycles. The van der Waals surface area contributed by atoms with E-state index in [2.05, 4.69) is 9.97 Å². The molecule has 0 aliphatic heterocycles. The number of nitrogen functional groups attached to an aromatic ring is 1. The van der Waals surface area contributed by atoms with E-state index >= 15 is 0 Å². The number of hydrogen-bond acceptors (Lipinski definition) is 4. The van der Waals surface area contributed by atoms with E-state index in [1.54, 1.807) is 10.9 Å². The molecule has 0 saturated heterocycles. The van der Waals surface area contributed by atoms with E-state index in [1.807, 2.05) is 31.2 Å². The minimum atomic E-state index is 0.199. The molecule has 76 valence electrons. The van der Waals surface area contributed by atoms with Gasteiger partial charge >= 0.3 is 0 Å². The van der Waals surface area contributed by atoms with Crippen LogP contribution < -0.4 is 5.73 Å². The fourth-order valence-electron chi connectivity index (χ4n) is 1.35. The Labute approximate surface area is 92.4 Å². The van der Waals surface area contributed by atoms with E-state index < -0.39 is 0 Å². The SMILES string of the molecule is Cc1ccccc1-n1cnc(N)nc1=S. The predicted molar refractivity (Wildman–Crippen MR) is 61.3 cm³/mol. The number of nitrogens with zero attached hydrogens (tertiary/aromatic N) is 3. The smallest absolute Gasteiger partial charge is 0.224 e. The molecule has 0 aliphatic rings. The summed E-state index contributed by atoms with van der Waals surface area (Å²) in [5, 5.41) is 0. The lowest BCUT2D eigenvalue weighted by atomic mass is 10.2. The van der Waals surface area contributed by atoms with Gasteiger partial charge in [-0.1, -0.05) is 18.2 Å². The lowest BCUT2D eigenvalue weighted by Gasteiger charge is -2.08. The van der Waals surface area contributed by atoms with Crippen molar-refractivity contribution >= 4 is 18.2 Å². The van der Waals surface area contributed by atoms with Crippen molar-refractivity contribution in [2.24, 2.45) is 0 Å². The number of benzene rings is 1. The molecule has 15 heavy (non-hydrogen) atoms. The Hall–Kier alpha value is -1.75. The molecule has 0 unspecified atom stereocenters. The van der Waals surface area contributed by atoms with Crippen LogP contribution >= 0.6 is 12.2 Å². The molecule has 0 saturated carbocycles. The summed E-state index contributed by atoms with van der Waals surface area (Å²) in [4.78, 5) is 7.86. The molecule has 0 aliphatic carbocycles. The number of hydrogen-bond donors (Lipinski definition) is 1. The average molecular weight is 218 g/mol. The fourth-order valence-corrected chi connectivity index (χ4v) is 1.58. The number of anilines is 1. The molecule has 2 N–H and O–H groups in total. The van der Waals surface area contributed by atoms with Gasteiger partial charge in [-0.15, -0.1) is 0 Å². The van der Waals surface area contributed by atoms with E-state index in [1.165, 1.54) is 0 Å². The van der Waals surface area contributed by atoms with Gasteiger partial charge in [0.25, 0.3) is 0 Å². The van der Waals surface area contributed by atoms with Crippen molar-refractivity contribution < 1.29 is 0 Å². The Morgan fingerprint density at radius 2 is 2.07 bits per heavy atom. The first-order chi connectivity index (χ1) is 7.18. The van der Waals surface area contributed by atoms with Crippen LogP contribution in [0.5, 0.6) is 0 Å². The highest BCUT2D eigenvalue weighted by molar-refractivity contribution is 7.71. The largest absolute Gasteiger partial charge is 0.368 e. The zero-order valence-electron chi connectivity index (χ0n) is 8.21. The van der Waals surface area contributed by atoms with Gasteiger partial charge in [-0.2, -0.15) is 4.98 Å². The normalized spacial score (nSPS) is 10.2. The molecule has 0 radical (unpaired) electrons. The molecule has 2 rings (SSSR count). The third kappa shape index (κ3) is 1.87. The minimum absolute atomic E-state index is 0.199. The van der Waals surface area contributed by atoms with Crippen molar-refractivity contribution in [3.8, 4) is 5.69 Å². The monoisotopic (exact) mass is 218 g/mol. The Morgan fingerprint density at radius 3 is 2.73 bits per heavy atom. The zero-order chi connectivity index (χ0) is 10.8. The van der Waals surface area contributed by atoms with Crippen LogP contribution in [0.1, 0.15) is 5.56 Å². The predicted octanol–water partition coefficient (Wildman–Crippen LogP) is 1.89. The van der Waals surface area contributed by atoms with Gasteiger partial charge in [0, 0.05) is 0 Å². The van der Waals surface area contributed by atoms with Crippen molar-refractivity contribution in [1.82, 2.24) is 14.5 Å². The first kappa shape index (κ1) is 9.79. The summed E-state index contributed by atoms with van der Waals surface area (Å²) >= 11 is 5.11. The Balaban J connectivity index is 2.65. The maximum atomic E-state index is 5.44. The van der Waals surface area contributed by atoms with Gasteiger partial charge < -0.3 is 5.73 Å². The molecule has 0 atom stereocenters. The second-order valence-corrected chi connectivity index (χ2v) is 3.52. The summed E-state index contributed by atoms with van der Waals surface area (Å²) in [5.74, 6) is 0.199. The number of rotatable bonds is 1. The van der Waals surface area contributed by atoms with Crippen molar-refractivity contribution in [3.63, 3.8) is 0 Å². The summed E-state index contributed by atoms with van der Waals surface area (Å²) in [6, 6.07) is 7.89. The van der Waals surface area contributed by atoms with Crippen LogP contribution in [0.4, 0.5) is 5.95 Å². The van der Waals surface area contributed by atoms with Gasteiger partial charge in [0.05, 0.1) is 5.69 Å². The number of para-hydroxylation sites is 1. The zero-order valence-corrected chi connectivity index (χ0v) is 9.03. The molecule has 0 fully saturated rings. The van der Waals surface area contributed by atoms with Crippen molar-refractivity contribution in [2.45, 2.75) is 6.92 Å². The van der Waals surface area contributed by atoms with Crippen molar-refractivity contribution in [3.05, 3.63) is 40.9 Å². The Bertz CT molecular complexity index is 547. The van der Waals surface area contributed by atoms with Gasteiger partial charge in [0.15, 0.2) is 0 Å². The number of aromatic nitrogens is 3. The topological polar surface area (TPSA) is 56.7 Å². The highest BCUT2D eigenvalue weighted by Crippen LogP contribution is 2.12. The van der Waals surface area contributed by atoms with Crippen LogP contribution in [-0.2, 0) is 0 Å². The van der Waals surface area contributed by atoms with Gasteiger partial charge in [-0.3, -0.25) is 4.57 Å². The standard InChI is InChI=1S/C10H10N4S/c1-7-4-2-3-5-8(7)14-6-12-9(11)13-10(14)15/h2-6H,1H3,(H2,11,13,15). The highest BCUT2D eigenvalue weighted by atomic mass is 32.1. The third-order valence-corrected chi connectivity index (χ3v) is 2.38. The van der Waals surface area contributed by atoms with E-state index in [0.29, 0.717) is 4.77 Å². The maximum Gasteiger partial charge on any atom is 0.224 e. The second kappa shape index (κ2) is 3.78. The first-order valence-electron chi connectivity index (χ1n) is 4.45. The van der Waals surface area contributed by atoms with Crippen molar-refractivity contribution in [1.29, 1.82) is 0 Å². The van der Waals surface area contributed by atoms with Gasteiger partial charge in [0.1, 0.15) is 6.33 Å². The second-order valence-electron chi connectivity index (χ2n) is 3.15. The molecule has 1 aromatic heterocycles. The number of nitrogens with two attached hydrogens (primary N) is 1. The van der Waals surface area contributed by atoms with E-state index in [4.69, 9.17) is 18.0 Å². The van der Waals surface area contributed by atoms with E-state index in [9.17, 15) is 0 Å². The van der Waals surface area contributed by atoms with Gasteiger partial charge in [-0.25, -0.2) is 4.98 Å². The Morgan fingerprint density at radius 1 is 1.33 bits per heavy atom. The summed E-state index contributed by atoms with van der Waals surface area (Å²) in [7, 11) is 0. The molecule has 0 bridgehead atoms. The van der Waals surface area contributed by atoms with Gasteiger partial charge in [0.2, 0.25) is 10.7 Å². The summed E-state index contributed by atoms with van der Waals surface area (Å²) in [5.41, 5.74) is 7.53. The fraction of sp³-hybridized carbons (Fsp3) is 0.100. The quantitative estimate of drug-likeness (QED) is 0.742. The van der Waals surface area contributed by atoms with Gasteiger partial charge in [-0.05, 0) is 30.8 Å². The van der Waals surface area contributed by atoms with Crippen LogP contribution in [0.25, 0.3) is 5.69 Å². The number of aryl methyl sites for hydroxylation is 1. The van der Waals surface area contributed by atoms with Crippen LogP contribution in [0, 0.1) is 11.7 Å².